The molecule has 24 heavy (non-hydrogen) atoms. The molecule has 0 aliphatic rings. The molecule has 3 aromatic heterocycles. The van der Waals surface area contributed by atoms with E-state index in [9.17, 15) is 0 Å². The lowest BCUT2D eigenvalue weighted by Crippen LogP contribution is -2.02. The van der Waals surface area contributed by atoms with Crippen molar-refractivity contribution in [3.63, 3.8) is 0 Å². The van der Waals surface area contributed by atoms with Crippen LogP contribution in [0.3, 0.4) is 0 Å². The fraction of sp³-hybridized carbons (Fsp3) is 0.125. The average molecular weight is 320 g/mol. The molecule has 0 saturated carbocycles. The Hall–Kier alpha value is -3.42. The van der Waals surface area contributed by atoms with Gasteiger partial charge in [0, 0.05) is 23.2 Å². The standard InChI is InChI=1S/C16H16N8/c1-2-10-9-14(24-22-10)20-16-18-12-6-4-3-5-11(12)15(21-16)19-13-7-8-17-23-13/h3-9H,2H2,1H3,(H4,17,18,19,20,21,22,23,24). The summed E-state index contributed by atoms with van der Waals surface area (Å²) < 4.78 is 0. The highest BCUT2D eigenvalue weighted by Crippen LogP contribution is 2.25. The minimum absolute atomic E-state index is 0.477. The molecular weight excluding hydrogens is 304 g/mol. The number of nitrogens with one attached hydrogen (secondary N) is 4. The zero-order chi connectivity index (χ0) is 16.4. The van der Waals surface area contributed by atoms with Crippen molar-refractivity contribution < 1.29 is 0 Å². The van der Waals surface area contributed by atoms with Gasteiger partial charge >= 0.3 is 0 Å². The molecule has 8 heteroatoms. The Balaban J connectivity index is 1.73. The van der Waals surface area contributed by atoms with Crippen LogP contribution in [0.2, 0.25) is 0 Å². The van der Waals surface area contributed by atoms with Crippen molar-refractivity contribution in [2.45, 2.75) is 13.3 Å². The second-order valence-corrected chi connectivity index (χ2v) is 5.27. The predicted molar refractivity (Wildman–Crippen MR) is 92.7 cm³/mol. The Bertz CT molecular complexity index is 957. The molecule has 4 rings (SSSR count). The number of nitrogens with zero attached hydrogens (tertiary/aromatic N) is 4. The van der Waals surface area contributed by atoms with Crippen LogP contribution in [0, 0.1) is 0 Å². The van der Waals surface area contributed by atoms with E-state index in [2.05, 4.69) is 47.9 Å². The first-order valence-electron chi connectivity index (χ1n) is 7.66. The van der Waals surface area contributed by atoms with Crippen LogP contribution in [0.4, 0.5) is 23.4 Å². The van der Waals surface area contributed by atoms with Crippen LogP contribution in [0.25, 0.3) is 10.9 Å². The van der Waals surface area contributed by atoms with Crippen LogP contribution in [-0.4, -0.2) is 30.4 Å². The number of aromatic amines is 2. The molecular formula is C16H16N8. The number of H-pyrrole nitrogens is 2. The molecule has 120 valence electrons. The summed E-state index contributed by atoms with van der Waals surface area (Å²) in [7, 11) is 0. The molecule has 4 N–H and O–H groups in total. The van der Waals surface area contributed by atoms with Gasteiger partial charge in [-0.1, -0.05) is 19.1 Å². The second-order valence-electron chi connectivity index (χ2n) is 5.27. The van der Waals surface area contributed by atoms with Gasteiger partial charge in [-0.25, -0.2) is 4.98 Å². The summed E-state index contributed by atoms with van der Waals surface area (Å²) in [6.07, 6.45) is 2.57. The maximum Gasteiger partial charge on any atom is 0.230 e. The molecule has 0 aliphatic heterocycles. The highest BCUT2D eigenvalue weighted by atomic mass is 15.3. The Morgan fingerprint density at radius 3 is 2.75 bits per heavy atom. The third kappa shape index (κ3) is 2.76. The molecule has 0 spiro atoms. The monoisotopic (exact) mass is 320 g/mol. The second kappa shape index (κ2) is 5.99. The topological polar surface area (TPSA) is 107 Å². The summed E-state index contributed by atoms with van der Waals surface area (Å²) in [6, 6.07) is 11.6. The summed E-state index contributed by atoms with van der Waals surface area (Å²) in [6.45, 7) is 2.07. The lowest BCUT2D eigenvalue weighted by atomic mass is 10.2. The molecule has 0 atom stereocenters. The zero-order valence-corrected chi connectivity index (χ0v) is 13.0. The summed E-state index contributed by atoms with van der Waals surface area (Å²) in [5, 5.41) is 21.3. The molecule has 0 unspecified atom stereocenters. The van der Waals surface area contributed by atoms with Crippen LogP contribution in [0.5, 0.6) is 0 Å². The third-order valence-electron chi connectivity index (χ3n) is 3.61. The van der Waals surface area contributed by atoms with Gasteiger partial charge in [0.2, 0.25) is 5.95 Å². The van der Waals surface area contributed by atoms with Crippen LogP contribution < -0.4 is 10.6 Å². The first-order valence-corrected chi connectivity index (χ1v) is 7.66. The summed E-state index contributed by atoms with van der Waals surface area (Å²) in [5.41, 5.74) is 1.89. The van der Waals surface area contributed by atoms with Gasteiger partial charge < -0.3 is 10.6 Å². The van der Waals surface area contributed by atoms with E-state index >= 15 is 0 Å². The van der Waals surface area contributed by atoms with Crippen LogP contribution in [-0.2, 0) is 6.42 Å². The first-order chi connectivity index (χ1) is 11.8. The quantitative estimate of drug-likeness (QED) is 0.450. The molecule has 1 aromatic carbocycles. The molecule has 0 aliphatic carbocycles. The summed E-state index contributed by atoms with van der Waals surface area (Å²) in [5.74, 6) is 2.62. The maximum absolute atomic E-state index is 4.57. The van der Waals surface area contributed by atoms with E-state index in [-0.39, 0.29) is 0 Å². The van der Waals surface area contributed by atoms with E-state index in [0.29, 0.717) is 17.6 Å². The smallest absolute Gasteiger partial charge is 0.230 e. The van der Waals surface area contributed by atoms with Gasteiger partial charge in [0.15, 0.2) is 5.82 Å². The molecule has 8 nitrogen and oxygen atoms in total. The van der Waals surface area contributed by atoms with Crippen molar-refractivity contribution in [1.82, 2.24) is 30.4 Å². The maximum atomic E-state index is 4.57. The molecule has 0 amide bonds. The normalized spacial score (nSPS) is 10.9. The Kier molecular flexibility index (Phi) is 3.54. The number of benzene rings is 1. The minimum atomic E-state index is 0.477. The van der Waals surface area contributed by atoms with Crippen LogP contribution >= 0.6 is 0 Å². The zero-order valence-electron chi connectivity index (χ0n) is 13.0. The number of anilines is 4. The van der Waals surface area contributed by atoms with E-state index in [1.165, 1.54) is 0 Å². The number of hydrogen-bond donors (Lipinski definition) is 4. The van der Waals surface area contributed by atoms with Gasteiger partial charge in [-0.2, -0.15) is 15.2 Å². The van der Waals surface area contributed by atoms with Gasteiger partial charge in [-0.15, -0.1) is 0 Å². The summed E-state index contributed by atoms with van der Waals surface area (Å²) >= 11 is 0. The highest BCUT2D eigenvalue weighted by molar-refractivity contribution is 5.91. The van der Waals surface area contributed by atoms with Crippen molar-refractivity contribution in [2.24, 2.45) is 0 Å². The van der Waals surface area contributed by atoms with E-state index < -0.39 is 0 Å². The van der Waals surface area contributed by atoms with Gasteiger partial charge in [-0.3, -0.25) is 10.2 Å². The molecule has 4 aromatic rings. The Morgan fingerprint density at radius 2 is 1.96 bits per heavy atom. The number of rotatable bonds is 5. The van der Waals surface area contributed by atoms with Crippen LogP contribution in [0.15, 0.2) is 42.6 Å². The Morgan fingerprint density at radius 1 is 1.04 bits per heavy atom. The van der Waals surface area contributed by atoms with E-state index in [0.717, 1.165) is 28.8 Å². The van der Waals surface area contributed by atoms with Crippen molar-refractivity contribution in [1.29, 1.82) is 0 Å². The largest absolute Gasteiger partial charge is 0.325 e. The molecule has 0 saturated heterocycles. The number of hydrogen-bond acceptors (Lipinski definition) is 6. The molecule has 3 heterocycles. The fourth-order valence-electron chi connectivity index (χ4n) is 2.40. The minimum Gasteiger partial charge on any atom is -0.325 e. The van der Waals surface area contributed by atoms with E-state index in [1.807, 2.05) is 36.4 Å². The van der Waals surface area contributed by atoms with Crippen molar-refractivity contribution in [3.05, 3.63) is 48.3 Å². The number of fused-ring (bicyclic) bond motifs is 1. The molecule has 0 bridgehead atoms. The average Bonchev–Trinajstić information content (AvgIpc) is 3.26. The lowest BCUT2D eigenvalue weighted by molar-refractivity contribution is 0.975. The number of aryl methyl sites for hydroxylation is 1. The predicted octanol–water partition coefficient (Wildman–Crippen LogP) is 3.13. The first kappa shape index (κ1) is 14.2. The molecule has 0 fully saturated rings. The Labute approximate surface area is 137 Å². The van der Waals surface area contributed by atoms with Gasteiger partial charge in [0.1, 0.15) is 11.6 Å². The van der Waals surface area contributed by atoms with Crippen molar-refractivity contribution in [2.75, 3.05) is 10.6 Å². The SMILES string of the molecule is CCc1cc(Nc2nc(Nc3ccn[nH]3)c3ccccc3n2)n[nH]1. The van der Waals surface area contributed by atoms with Crippen molar-refractivity contribution >= 4 is 34.3 Å². The highest BCUT2D eigenvalue weighted by Gasteiger charge is 2.10. The third-order valence-corrected chi connectivity index (χ3v) is 3.61. The van der Waals surface area contributed by atoms with Gasteiger partial charge in [-0.05, 0) is 18.6 Å². The fourth-order valence-corrected chi connectivity index (χ4v) is 2.40. The van der Waals surface area contributed by atoms with Gasteiger partial charge in [0.05, 0.1) is 11.7 Å². The van der Waals surface area contributed by atoms with Crippen LogP contribution in [0.1, 0.15) is 12.6 Å². The number of aromatic nitrogens is 6. The molecule has 0 radical (unpaired) electrons. The van der Waals surface area contributed by atoms with E-state index in [1.54, 1.807) is 6.20 Å². The van der Waals surface area contributed by atoms with Crippen molar-refractivity contribution in [3.8, 4) is 0 Å². The van der Waals surface area contributed by atoms with Gasteiger partial charge in [0.25, 0.3) is 0 Å². The summed E-state index contributed by atoms with van der Waals surface area (Å²) in [4.78, 5) is 9.12. The lowest BCUT2D eigenvalue weighted by Gasteiger charge is -2.09. The number of para-hydroxylation sites is 1. The van der Waals surface area contributed by atoms with E-state index in [4.69, 9.17) is 0 Å².